The van der Waals surface area contributed by atoms with E-state index in [1.807, 2.05) is 13.1 Å². The van der Waals surface area contributed by atoms with E-state index < -0.39 is 0 Å². The molecule has 0 saturated heterocycles. The Morgan fingerprint density at radius 1 is 1.29 bits per heavy atom. The minimum Gasteiger partial charge on any atom is -0.496 e. The molecule has 0 aliphatic carbocycles. The maximum atomic E-state index is 6.51. The fourth-order valence-electron chi connectivity index (χ4n) is 3.01. The molecule has 0 radical (unpaired) electrons. The Labute approximate surface area is 129 Å². The number of nitrogens with zero attached hydrogens (tertiary/aromatic N) is 2. The highest BCUT2D eigenvalue weighted by Crippen LogP contribution is 2.27. The Hall–Kier alpha value is -1.13. The molecule has 1 rings (SSSR count). The SMILES string of the molecule is CCN(CC)C(C)(C)C(N)Cc1ncc(C)c(OC)c1C. The first-order chi connectivity index (χ1) is 9.79. The van der Waals surface area contributed by atoms with E-state index in [-0.39, 0.29) is 11.6 Å². The van der Waals surface area contributed by atoms with Crippen LogP contribution in [0.3, 0.4) is 0 Å². The van der Waals surface area contributed by atoms with E-state index in [0.29, 0.717) is 0 Å². The summed E-state index contributed by atoms with van der Waals surface area (Å²) in [6.45, 7) is 14.9. The lowest BCUT2D eigenvalue weighted by molar-refractivity contribution is 0.106. The van der Waals surface area contributed by atoms with E-state index in [0.717, 1.165) is 42.1 Å². The topological polar surface area (TPSA) is 51.4 Å². The molecule has 1 aromatic heterocycles. The van der Waals surface area contributed by atoms with Crippen molar-refractivity contribution >= 4 is 0 Å². The van der Waals surface area contributed by atoms with Gasteiger partial charge < -0.3 is 10.5 Å². The third-order valence-electron chi connectivity index (χ3n) is 4.65. The second-order valence-electron chi connectivity index (χ2n) is 6.18. The van der Waals surface area contributed by atoms with Crippen molar-refractivity contribution in [3.63, 3.8) is 0 Å². The zero-order chi connectivity index (χ0) is 16.2. The standard InChI is InChI=1S/C17H31N3O/c1-8-20(9-2)17(5,6)15(18)10-14-13(4)16(21-7)12(3)11-19-14/h11,15H,8-10,18H2,1-7H3. The molecule has 0 saturated carbocycles. The minimum atomic E-state index is -0.0598. The van der Waals surface area contributed by atoms with Crippen LogP contribution < -0.4 is 10.5 Å². The summed E-state index contributed by atoms with van der Waals surface area (Å²) in [5.41, 5.74) is 9.65. The highest BCUT2D eigenvalue weighted by atomic mass is 16.5. The summed E-state index contributed by atoms with van der Waals surface area (Å²) in [6, 6.07) is 0.0241. The smallest absolute Gasteiger partial charge is 0.128 e. The van der Waals surface area contributed by atoms with Crippen molar-refractivity contribution in [3.05, 3.63) is 23.0 Å². The number of pyridine rings is 1. The largest absolute Gasteiger partial charge is 0.496 e. The molecule has 1 atom stereocenters. The van der Waals surface area contributed by atoms with Crippen molar-refractivity contribution in [2.24, 2.45) is 5.73 Å². The van der Waals surface area contributed by atoms with Crippen LogP contribution in [0.5, 0.6) is 5.75 Å². The number of nitrogens with two attached hydrogens (primary N) is 1. The van der Waals surface area contributed by atoms with E-state index in [1.165, 1.54) is 0 Å². The predicted octanol–water partition coefficient (Wildman–Crippen LogP) is 2.70. The quantitative estimate of drug-likeness (QED) is 0.840. The molecule has 0 bridgehead atoms. The highest BCUT2D eigenvalue weighted by Gasteiger charge is 2.32. The predicted molar refractivity (Wildman–Crippen MR) is 88.9 cm³/mol. The van der Waals surface area contributed by atoms with Crippen LogP contribution in [0.4, 0.5) is 0 Å². The molecule has 0 spiro atoms. The number of likely N-dealkylation sites (N-methyl/N-ethyl adjacent to an activating group) is 1. The number of hydrogen-bond donors (Lipinski definition) is 1. The summed E-state index contributed by atoms with van der Waals surface area (Å²) in [6.07, 6.45) is 2.63. The molecule has 0 fully saturated rings. The Morgan fingerprint density at radius 2 is 1.86 bits per heavy atom. The van der Waals surface area contributed by atoms with Crippen LogP contribution in [0.25, 0.3) is 0 Å². The number of methoxy groups -OCH3 is 1. The lowest BCUT2D eigenvalue weighted by Crippen LogP contribution is -2.56. The van der Waals surface area contributed by atoms with Crippen LogP contribution >= 0.6 is 0 Å². The average molecular weight is 293 g/mol. The fourth-order valence-corrected chi connectivity index (χ4v) is 3.01. The molecule has 21 heavy (non-hydrogen) atoms. The van der Waals surface area contributed by atoms with Gasteiger partial charge in [-0.15, -0.1) is 0 Å². The van der Waals surface area contributed by atoms with Crippen LogP contribution in [0.1, 0.15) is 44.5 Å². The first-order valence-electron chi connectivity index (χ1n) is 7.79. The lowest BCUT2D eigenvalue weighted by atomic mass is 9.88. The third kappa shape index (κ3) is 3.74. The Balaban J connectivity index is 3.00. The van der Waals surface area contributed by atoms with Crippen LogP contribution in [-0.4, -0.2) is 41.7 Å². The Morgan fingerprint density at radius 3 is 2.33 bits per heavy atom. The molecule has 0 aromatic carbocycles. The molecule has 2 N–H and O–H groups in total. The second kappa shape index (κ2) is 7.23. The summed E-state index contributed by atoms with van der Waals surface area (Å²) in [7, 11) is 1.71. The van der Waals surface area contributed by atoms with E-state index in [4.69, 9.17) is 10.5 Å². The Kier molecular flexibility index (Phi) is 6.17. The van der Waals surface area contributed by atoms with Crippen LogP contribution in [0.2, 0.25) is 0 Å². The van der Waals surface area contributed by atoms with Gasteiger partial charge in [0.2, 0.25) is 0 Å². The van der Waals surface area contributed by atoms with Gasteiger partial charge in [0, 0.05) is 41.0 Å². The van der Waals surface area contributed by atoms with Gasteiger partial charge in [0.1, 0.15) is 5.75 Å². The fraction of sp³-hybridized carbons (Fsp3) is 0.706. The second-order valence-corrected chi connectivity index (χ2v) is 6.18. The first kappa shape index (κ1) is 17.9. The molecule has 0 aliphatic rings. The summed E-state index contributed by atoms with van der Waals surface area (Å²) < 4.78 is 5.48. The maximum absolute atomic E-state index is 6.51. The molecule has 0 aliphatic heterocycles. The van der Waals surface area contributed by atoms with Crippen LogP contribution in [-0.2, 0) is 6.42 Å². The number of rotatable bonds is 7. The van der Waals surface area contributed by atoms with E-state index in [1.54, 1.807) is 7.11 Å². The van der Waals surface area contributed by atoms with Crippen molar-refractivity contribution in [1.29, 1.82) is 0 Å². The van der Waals surface area contributed by atoms with Gasteiger partial charge in [0.25, 0.3) is 0 Å². The minimum absolute atomic E-state index is 0.0241. The number of aryl methyl sites for hydroxylation is 1. The molecule has 1 unspecified atom stereocenters. The van der Waals surface area contributed by atoms with E-state index in [2.05, 4.69) is 44.5 Å². The van der Waals surface area contributed by atoms with E-state index in [9.17, 15) is 0 Å². The summed E-state index contributed by atoms with van der Waals surface area (Å²) in [5, 5.41) is 0. The summed E-state index contributed by atoms with van der Waals surface area (Å²) in [5.74, 6) is 0.924. The van der Waals surface area contributed by atoms with Gasteiger partial charge in [0.15, 0.2) is 0 Å². The molecule has 4 nitrogen and oxygen atoms in total. The Bertz CT molecular complexity index is 467. The molecular formula is C17H31N3O. The van der Waals surface area contributed by atoms with Gasteiger partial charge in [-0.25, -0.2) is 0 Å². The third-order valence-corrected chi connectivity index (χ3v) is 4.65. The molecule has 120 valence electrons. The van der Waals surface area contributed by atoms with Crippen molar-refractivity contribution in [2.45, 2.75) is 59.5 Å². The summed E-state index contributed by atoms with van der Waals surface area (Å²) in [4.78, 5) is 6.97. The number of ether oxygens (including phenoxy) is 1. The van der Waals surface area contributed by atoms with Crippen molar-refractivity contribution < 1.29 is 4.74 Å². The molecule has 1 heterocycles. The molecule has 1 aromatic rings. The monoisotopic (exact) mass is 293 g/mol. The van der Waals surface area contributed by atoms with Crippen molar-refractivity contribution in [1.82, 2.24) is 9.88 Å². The van der Waals surface area contributed by atoms with Gasteiger partial charge >= 0.3 is 0 Å². The number of aromatic nitrogens is 1. The van der Waals surface area contributed by atoms with Crippen molar-refractivity contribution in [2.75, 3.05) is 20.2 Å². The first-order valence-corrected chi connectivity index (χ1v) is 7.79. The zero-order valence-electron chi connectivity index (χ0n) is 14.7. The van der Waals surface area contributed by atoms with Crippen molar-refractivity contribution in [3.8, 4) is 5.75 Å². The average Bonchev–Trinajstić information content (AvgIpc) is 2.43. The molecule has 4 heteroatoms. The highest BCUT2D eigenvalue weighted by molar-refractivity contribution is 5.41. The number of hydrogen-bond acceptors (Lipinski definition) is 4. The lowest BCUT2D eigenvalue weighted by Gasteiger charge is -2.42. The van der Waals surface area contributed by atoms with Crippen LogP contribution in [0.15, 0.2) is 6.20 Å². The van der Waals surface area contributed by atoms with E-state index >= 15 is 0 Å². The maximum Gasteiger partial charge on any atom is 0.128 e. The van der Waals surface area contributed by atoms with Gasteiger partial charge in [-0.3, -0.25) is 9.88 Å². The molecular weight excluding hydrogens is 262 g/mol. The summed E-state index contributed by atoms with van der Waals surface area (Å²) >= 11 is 0. The van der Waals surface area contributed by atoms with Gasteiger partial charge in [-0.2, -0.15) is 0 Å². The zero-order valence-corrected chi connectivity index (χ0v) is 14.7. The van der Waals surface area contributed by atoms with Crippen LogP contribution in [0, 0.1) is 13.8 Å². The van der Waals surface area contributed by atoms with Gasteiger partial charge in [-0.05, 0) is 40.8 Å². The molecule has 0 amide bonds. The normalized spacial score (nSPS) is 13.6. The van der Waals surface area contributed by atoms with Gasteiger partial charge in [-0.1, -0.05) is 13.8 Å². The van der Waals surface area contributed by atoms with Gasteiger partial charge in [0.05, 0.1) is 7.11 Å².